The van der Waals surface area contributed by atoms with Crippen LogP contribution in [0.5, 0.6) is 23.0 Å². The van der Waals surface area contributed by atoms with E-state index in [1.807, 2.05) is 24.3 Å². The van der Waals surface area contributed by atoms with Crippen LogP contribution in [-0.4, -0.2) is 13.2 Å². The van der Waals surface area contributed by atoms with Crippen LogP contribution >= 0.6 is 63.7 Å². The molecule has 0 saturated heterocycles. The molecule has 0 fully saturated rings. The first kappa shape index (κ1) is 20.6. The van der Waals surface area contributed by atoms with Crippen LogP contribution in [0.25, 0.3) is 0 Å². The minimum Gasteiger partial charge on any atom is -0.487 e. The summed E-state index contributed by atoms with van der Waals surface area (Å²) >= 11 is 14.0. The van der Waals surface area contributed by atoms with Gasteiger partial charge in [-0.1, -0.05) is 25.3 Å². The van der Waals surface area contributed by atoms with Crippen LogP contribution in [0, 0.1) is 0 Å². The van der Waals surface area contributed by atoms with Crippen molar-refractivity contribution in [1.82, 2.24) is 0 Å². The second-order valence-electron chi connectivity index (χ2n) is 4.73. The highest BCUT2D eigenvalue weighted by atomic mass is 79.9. The first-order valence-electron chi connectivity index (χ1n) is 7.09. The second kappa shape index (κ2) is 9.80. The molecule has 132 valence electrons. The third kappa shape index (κ3) is 5.61. The Hall–Kier alpha value is -0.760. The summed E-state index contributed by atoms with van der Waals surface area (Å²) in [6, 6.07) is 7.36. The van der Waals surface area contributed by atoms with Crippen molar-refractivity contribution in [2.45, 2.75) is 0 Å². The molecule has 2 aromatic rings. The molecule has 0 N–H and O–H groups in total. The van der Waals surface area contributed by atoms with Gasteiger partial charge in [0.1, 0.15) is 36.2 Å². The van der Waals surface area contributed by atoms with Crippen molar-refractivity contribution in [3.63, 3.8) is 0 Å². The van der Waals surface area contributed by atoms with E-state index < -0.39 is 0 Å². The van der Waals surface area contributed by atoms with Crippen molar-refractivity contribution in [2.75, 3.05) is 13.2 Å². The lowest BCUT2D eigenvalue weighted by atomic mass is 10.3. The van der Waals surface area contributed by atoms with Gasteiger partial charge in [0.05, 0.1) is 17.9 Å². The SMILES string of the molecule is C=CCOc1c(Br)cc(Oc2cc(Br)c(OCC=C)c(Br)c2)cc1Br. The van der Waals surface area contributed by atoms with Gasteiger partial charge in [0.2, 0.25) is 0 Å². The van der Waals surface area contributed by atoms with E-state index in [-0.39, 0.29) is 0 Å². The fourth-order valence-electron chi connectivity index (χ4n) is 1.89. The van der Waals surface area contributed by atoms with Gasteiger partial charge in [-0.15, -0.1) is 0 Å². The molecule has 0 spiro atoms. The predicted molar refractivity (Wildman–Crippen MR) is 115 cm³/mol. The fourth-order valence-corrected chi connectivity index (χ4v) is 4.63. The molecule has 0 aliphatic heterocycles. The Morgan fingerprint density at radius 1 is 0.680 bits per heavy atom. The van der Waals surface area contributed by atoms with E-state index in [9.17, 15) is 0 Å². The molecular weight excluding hydrogens is 584 g/mol. The zero-order valence-electron chi connectivity index (χ0n) is 13.0. The first-order chi connectivity index (χ1) is 12.0. The molecule has 0 bridgehead atoms. The molecule has 0 amide bonds. The molecule has 2 rings (SSSR count). The van der Waals surface area contributed by atoms with Gasteiger partial charge in [0.15, 0.2) is 0 Å². The van der Waals surface area contributed by atoms with Gasteiger partial charge < -0.3 is 14.2 Å². The average molecular weight is 598 g/mol. The first-order valence-corrected chi connectivity index (χ1v) is 10.3. The number of hydrogen-bond acceptors (Lipinski definition) is 3. The maximum atomic E-state index is 5.95. The molecule has 3 nitrogen and oxygen atoms in total. The van der Waals surface area contributed by atoms with Crippen LogP contribution in [-0.2, 0) is 0 Å². The quantitative estimate of drug-likeness (QED) is 0.293. The molecule has 0 heterocycles. The van der Waals surface area contributed by atoms with Gasteiger partial charge in [-0.25, -0.2) is 0 Å². The molecular formula is C18H14Br4O3. The highest BCUT2D eigenvalue weighted by Gasteiger charge is 2.13. The smallest absolute Gasteiger partial charge is 0.148 e. The lowest BCUT2D eigenvalue weighted by molar-refractivity contribution is 0.356. The van der Waals surface area contributed by atoms with Crippen molar-refractivity contribution in [3.8, 4) is 23.0 Å². The van der Waals surface area contributed by atoms with Gasteiger partial charge in [0, 0.05) is 0 Å². The summed E-state index contributed by atoms with van der Waals surface area (Å²) in [5.41, 5.74) is 0. The predicted octanol–water partition coefficient (Wildman–Crippen LogP) is 7.66. The fraction of sp³-hybridized carbons (Fsp3) is 0.111. The standard InChI is InChI=1S/C18H14Br4O3/c1-3-5-23-17-13(19)7-11(8-14(17)20)25-12-9-15(21)18(16(22)10-12)24-6-4-2/h3-4,7-10H,1-2,5-6H2. The van der Waals surface area contributed by atoms with Gasteiger partial charge >= 0.3 is 0 Å². The molecule has 0 unspecified atom stereocenters. The van der Waals surface area contributed by atoms with E-state index in [1.165, 1.54) is 0 Å². The Balaban J connectivity index is 2.25. The number of ether oxygens (including phenoxy) is 3. The maximum absolute atomic E-state index is 5.95. The highest BCUT2D eigenvalue weighted by molar-refractivity contribution is 9.11. The summed E-state index contributed by atoms with van der Waals surface area (Å²) in [6.07, 6.45) is 3.38. The summed E-state index contributed by atoms with van der Waals surface area (Å²) in [5, 5.41) is 0. The zero-order valence-corrected chi connectivity index (χ0v) is 19.4. The van der Waals surface area contributed by atoms with E-state index in [4.69, 9.17) is 14.2 Å². The van der Waals surface area contributed by atoms with Crippen molar-refractivity contribution < 1.29 is 14.2 Å². The van der Waals surface area contributed by atoms with E-state index in [0.717, 1.165) is 17.9 Å². The van der Waals surface area contributed by atoms with Crippen LogP contribution in [0.4, 0.5) is 0 Å². The second-order valence-corrected chi connectivity index (χ2v) is 8.15. The van der Waals surface area contributed by atoms with Gasteiger partial charge in [-0.05, 0) is 88.0 Å². The summed E-state index contributed by atoms with van der Waals surface area (Å²) in [5.74, 6) is 2.71. The van der Waals surface area contributed by atoms with Crippen LogP contribution in [0.3, 0.4) is 0 Å². The number of hydrogen-bond donors (Lipinski definition) is 0. The van der Waals surface area contributed by atoms with Gasteiger partial charge in [-0.2, -0.15) is 0 Å². The molecule has 7 heteroatoms. The van der Waals surface area contributed by atoms with Crippen molar-refractivity contribution in [1.29, 1.82) is 0 Å². The monoisotopic (exact) mass is 594 g/mol. The molecule has 0 saturated carbocycles. The number of benzene rings is 2. The van der Waals surface area contributed by atoms with E-state index in [0.29, 0.717) is 36.2 Å². The third-order valence-corrected chi connectivity index (χ3v) is 5.23. The maximum Gasteiger partial charge on any atom is 0.148 e. The summed E-state index contributed by atoms with van der Waals surface area (Å²) < 4.78 is 20.3. The summed E-state index contributed by atoms with van der Waals surface area (Å²) in [4.78, 5) is 0. The summed E-state index contributed by atoms with van der Waals surface area (Å²) in [7, 11) is 0. The number of rotatable bonds is 8. The lowest BCUT2D eigenvalue weighted by Crippen LogP contribution is -1.96. The Kier molecular flexibility index (Phi) is 8.06. The third-order valence-electron chi connectivity index (χ3n) is 2.87. The molecule has 2 aromatic carbocycles. The Morgan fingerprint density at radius 3 is 1.28 bits per heavy atom. The molecule has 0 aliphatic rings. The molecule has 25 heavy (non-hydrogen) atoms. The Bertz CT molecular complexity index is 678. The molecule has 0 aromatic heterocycles. The van der Waals surface area contributed by atoms with Crippen LogP contribution in [0.2, 0.25) is 0 Å². The van der Waals surface area contributed by atoms with Crippen LogP contribution in [0.1, 0.15) is 0 Å². The highest BCUT2D eigenvalue weighted by Crippen LogP contribution is 2.41. The van der Waals surface area contributed by atoms with E-state index >= 15 is 0 Å². The molecule has 0 atom stereocenters. The van der Waals surface area contributed by atoms with Gasteiger partial charge in [0.25, 0.3) is 0 Å². The molecule has 0 radical (unpaired) electrons. The number of halogens is 4. The van der Waals surface area contributed by atoms with Crippen molar-refractivity contribution >= 4 is 63.7 Å². The average Bonchev–Trinajstić information content (AvgIpc) is 2.53. The minimum absolute atomic E-state index is 0.420. The van der Waals surface area contributed by atoms with E-state index in [2.05, 4.69) is 76.9 Å². The topological polar surface area (TPSA) is 27.7 Å². The molecule has 0 aliphatic carbocycles. The van der Waals surface area contributed by atoms with Crippen molar-refractivity contribution in [2.24, 2.45) is 0 Å². The summed E-state index contributed by atoms with van der Waals surface area (Å²) in [6.45, 7) is 8.13. The van der Waals surface area contributed by atoms with E-state index in [1.54, 1.807) is 12.2 Å². The van der Waals surface area contributed by atoms with Gasteiger partial charge in [-0.3, -0.25) is 0 Å². The Labute approximate surface area is 180 Å². The minimum atomic E-state index is 0.420. The lowest BCUT2D eigenvalue weighted by Gasteiger charge is -2.14. The largest absolute Gasteiger partial charge is 0.487 e. The van der Waals surface area contributed by atoms with Crippen LogP contribution < -0.4 is 14.2 Å². The Morgan fingerprint density at radius 2 is 1.00 bits per heavy atom. The normalized spacial score (nSPS) is 10.2. The zero-order chi connectivity index (χ0) is 18.4. The van der Waals surface area contributed by atoms with Crippen LogP contribution in [0.15, 0.2) is 67.5 Å². The van der Waals surface area contributed by atoms with Crippen molar-refractivity contribution in [3.05, 3.63) is 67.5 Å².